The lowest BCUT2D eigenvalue weighted by Gasteiger charge is -2.06. The molecule has 0 saturated heterocycles. The Morgan fingerprint density at radius 2 is 1.67 bits per heavy atom. The summed E-state index contributed by atoms with van der Waals surface area (Å²) in [6.07, 6.45) is 0. The number of benzene rings is 1. The van der Waals surface area contributed by atoms with Gasteiger partial charge in [0.25, 0.3) is 0 Å². The predicted molar refractivity (Wildman–Crippen MR) is 51.4 cm³/mol. The number of carbonyl (C=O) groups is 2. The van der Waals surface area contributed by atoms with Gasteiger partial charge in [-0.1, -0.05) is 12.1 Å². The smallest absolute Gasteiger partial charge is 0.337 e. The molecule has 0 fully saturated rings. The zero-order valence-corrected chi connectivity index (χ0v) is 7.52. The summed E-state index contributed by atoms with van der Waals surface area (Å²) in [7, 11) is 0. The third-order valence-corrected chi connectivity index (χ3v) is 1.80. The summed E-state index contributed by atoms with van der Waals surface area (Å²) in [5.74, 6) is -3.26. The Morgan fingerprint density at radius 3 is 2.07 bits per heavy atom. The number of nitrogens with one attached hydrogen (secondary N) is 1. The van der Waals surface area contributed by atoms with E-state index in [2.05, 4.69) is 0 Å². The predicted octanol–water partition coefficient (Wildman–Crippen LogP) is 0.367. The van der Waals surface area contributed by atoms with Crippen LogP contribution in [0.15, 0.2) is 18.2 Å². The van der Waals surface area contributed by atoms with Crippen molar-refractivity contribution in [3.8, 4) is 0 Å². The molecule has 0 bridgehead atoms. The van der Waals surface area contributed by atoms with Crippen molar-refractivity contribution in [3.05, 3.63) is 34.9 Å². The minimum absolute atomic E-state index is 0.0950. The molecule has 0 unspecified atom stereocenters. The van der Waals surface area contributed by atoms with E-state index in [1.807, 2.05) is 0 Å². The molecule has 5 N–H and O–H groups in total. The molecule has 0 aliphatic heterocycles. The fourth-order valence-corrected chi connectivity index (χ4v) is 1.19. The number of aromatic carboxylic acids is 2. The molecule has 0 aromatic heterocycles. The molecule has 0 radical (unpaired) electrons. The van der Waals surface area contributed by atoms with E-state index >= 15 is 0 Å². The second-order valence-electron chi connectivity index (χ2n) is 2.75. The van der Waals surface area contributed by atoms with Gasteiger partial charge in [-0.05, 0) is 6.07 Å². The summed E-state index contributed by atoms with van der Waals surface area (Å²) in [6, 6.07) is 3.78. The van der Waals surface area contributed by atoms with E-state index in [4.69, 9.17) is 21.4 Å². The van der Waals surface area contributed by atoms with Crippen LogP contribution in [-0.4, -0.2) is 28.0 Å². The lowest BCUT2D eigenvalue weighted by Crippen LogP contribution is -2.19. The van der Waals surface area contributed by atoms with E-state index in [1.54, 1.807) is 0 Å². The maximum Gasteiger partial charge on any atom is 0.337 e. The highest BCUT2D eigenvalue weighted by Crippen LogP contribution is 2.14. The van der Waals surface area contributed by atoms with E-state index in [1.165, 1.54) is 12.1 Å². The molecule has 0 spiro atoms. The fraction of sp³-hybridized carbons (Fsp3) is 0. The molecule has 78 valence electrons. The van der Waals surface area contributed by atoms with Crippen molar-refractivity contribution in [2.24, 2.45) is 5.73 Å². The van der Waals surface area contributed by atoms with Gasteiger partial charge in [0.2, 0.25) is 0 Å². The summed E-state index contributed by atoms with van der Waals surface area (Å²) in [5.41, 5.74) is 4.21. The number of nitrogen functional groups attached to an aromatic ring is 1. The quantitative estimate of drug-likeness (QED) is 0.421. The standard InChI is InChI=1S/C9H8N2O4/c10-7(11)4-2-1-3-5(8(12)13)6(4)9(14)15/h1-3H,(H3,10,11)(H,12,13)(H,14,15). The number of carboxylic acid groups (broad SMARTS) is 2. The van der Waals surface area contributed by atoms with Crippen LogP contribution in [0.25, 0.3) is 0 Å². The van der Waals surface area contributed by atoms with Crippen LogP contribution in [0.3, 0.4) is 0 Å². The Balaban J connectivity index is 3.56. The second kappa shape index (κ2) is 3.79. The van der Waals surface area contributed by atoms with Crippen molar-refractivity contribution in [1.29, 1.82) is 5.41 Å². The highest BCUT2D eigenvalue weighted by atomic mass is 16.4. The summed E-state index contributed by atoms with van der Waals surface area (Å²) in [6.45, 7) is 0. The average molecular weight is 208 g/mol. The van der Waals surface area contributed by atoms with E-state index in [-0.39, 0.29) is 11.1 Å². The van der Waals surface area contributed by atoms with Crippen LogP contribution in [0.1, 0.15) is 26.3 Å². The van der Waals surface area contributed by atoms with Crippen LogP contribution in [0.4, 0.5) is 0 Å². The summed E-state index contributed by atoms with van der Waals surface area (Å²) in [4.78, 5) is 21.6. The minimum Gasteiger partial charge on any atom is -0.478 e. The van der Waals surface area contributed by atoms with Gasteiger partial charge in [0.15, 0.2) is 0 Å². The van der Waals surface area contributed by atoms with E-state index in [0.29, 0.717) is 0 Å². The fourth-order valence-electron chi connectivity index (χ4n) is 1.19. The monoisotopic (exact) mass is 208 g/mol. The summed E-state index contributed by atoms with van der Waals surface area (Å²) in [5, 5.41) is 24.7. The number of hydrogen-bond acceptors (Lipinski definition) is 3. The second-order valence-corrected chi connectivity index (χ2v) is 2.75. The van der Waals surface area contributed by atoms with Gasteiger partial charge in [-0.3, -0.25) is 5.41 Å². The average Bonchev–Trinajstić information content (AvgIpc) is 2.16. The van der Waals surface area contributed by atoms with Crippen molar-refractivity contribution in [3.63, 3.8) is 0 Å². The van der Waals surface area contributed by atoms with Crippen LogP contribution < -0.4 is 5.73 Å². The van der Waals surface area contributed by atoms with Gasteiger partial charge in [-0.2, -0.15) is 0 Å². The van der Waals surface area contributed by atoms with E-state index in [9.17, 15) is 9.59 Å². The van der Waals surface area contributed by atoms with Crippen molar-refractivity contribution >= 4 is 17.8 Å². The number of hydrogen-bond donors (Lipinski definition) is 4. The third kappa shape index (κ3) is 1.93. The molecule has 1 aromatic carbocycles. The van der Waals surface area contributed by atoms with E-state index in [0.717, 1.165) is 6.07 Å². The first-order valence-corrected chi connectivity index (χ1v) is 3.89. The normalized spacial score (nSPS) is 9.60. The molecule has 0 atom stereocenters. The molecule has 1 aromatic rings. The SMILES string of the molecule is N=C(N)c1cccc(C(=O)O)c1C(=O)O. The maximum absolute atomic E-state index is 10.8. The number of carboxylic acids is 2. The Kier molecular flexibility index (Phi) is 2.70. The molecule has 6 heteroatoms. The molecule has 0 aliphatic rings. The minimum atomic E-state index is -1.42. The Hall–Kier alpha value is -2.37. The summed E-state index contributed by atoms with van der Waals surface area (Å²) >= 11 is 0. The Bertz CT molecular complexity index is 421. The lowest BCUT2D eigenvalue weighted by atomic mass is 10.0. The van der Waals surface area contributed by atoms with E-state index < -0.39 is 23.3 Å². The first-order chi connectivity index (χ1) is 6.95. The molecule has 1 rings (SSSR count). The largest absolute Gasteiger partial charge is 0.478 e. The van der Waals surface area contributed by atoms with Crippen LogP contribution in [0.2, 0.25) is 0 Å². The summed E-state index contributed by atoms with van der Waals surface area (Å²) < 4.78 is 0. The highest BCUT2D eigenvalue weighted by molar-refractivity contribution is 6.10. The zero-order valence-electron chi connectivity index (χ0n) is 7.52. The lowest BCUT2D eigenvalue weighted by molar-refractivity contribution is 0.0651. The van der Waals surface area contributed by atoms with Crippen molar-refractivity contribution < 1.29 is 19.8 Å². The van der Waals surface area contributed by atoms with Gasteiger partial charge in [-0.15, -0.1) is 0 Å². The third-order valence-electron chi connectivity index (χ3n) is 1.80. The molecule has 0 heterocycles. The first-order valence-electron chi connectivity index (χ1n) is 3.89. The van der Waals surface area contributed by atoms with Gasteiger partial charge < -0.3 is 15.9 Å². The van der Waals surface area contributed by atoms with Gasteiger partial charge in [0, 0.05) is 5.56 Å². The molecule has 0 aliphatic carbocycles. The first kappa shape index (κ1) is 10.7. The molecule has 0 amide bonds. The van der Waals surface area contributed by atoms with Crippen LogP contribution in [-0.2, 0) is 0 Å². The topological polar surface area (TPSA) is 124 Å². The number of nitrogens with two attached hydrogens (primary N) is 1. The van der Waals surface area contributed by atoms with Crippen LogP contribution >= 0.6 is 0 Å². The van der Waals surface area contributed by atoms with Gasteiger partial charge >= 0.3 is 11.9 Å². The molecular formula is C9H8N2O4. The van der Waals surface area contributed by atoms with Gasteiger partial charge in [0.1, 0.15) is 5.84 Å². The van der Waals surface area contributed by atoms with Crippen LogP contribution in [0.5, 0.6) is 0 Å². The van der Waals surface area contributed by atoms with Crippen molar-refractivity contribution in [2.45, 2.75) is 0 Å². The van der Waals surface area contributed by atoms with Gasteiger partial charge in [0.05, 0.1) is 11.1 Å². The molecule has 15 heavy (non-hydrogen) atoms. The number of rotatable bonds is 3. The van der Waals surface area contributed by atoms with Gasteiger partial charge in [-0.25, -0.2) is 9.59 Å². The maximum atomic E-state index is 10.8. The highest BCUT2D eigenvalue weighted by Gasteiger charge is 2.20. The Labute approximate surface area is 84.5 Å². The molecule has 0 saturated carbocycles. The molecular weight excluding hydrogens is 200 g/mol. The molecule has 6 nitrogen and oxygen atoms in total. The number of amidine groups is 1. The van der Waals surface area contributed by atoms with Crippen molar-refractivity contribution in [1.82, 2.24) is 0 Å². The van der Waals surface area contributed by atoms with Crippen molar-refractivity contribution in [2.75, 3.05) is 0 Å². The zero-order chi connectivity index (χ0) is 11.6. The Morgan fingerprint density at radius 1 is 1.13 bits per heavy atom. The van der Waals surface area contributed by atoms with Crippen LogP contribution in [0, 0.1) is 5.41 Å².